The molecule has 27 heavy (non-hydrogen) atoms. The first kappa shape index (κ1) is 19.1. The molecule has 1 amide bonds. The van der Waals surface area contributed by atoms with Crippen LogP contribution < -0.4 is 21.5 Å². The van der Waals surface area contributed by atoms with E-state index >= 15 is 0 Å². The summed E-state index contributed by atoms with van der Waals surface area (Å²) in [4.78, 5) is 38.7. The van der Waals surface area contributed by atoms with Crippen LogP contribution in [0.5, 0.6) is 5.75 Å². The first-order valence-corrected chi connectivity index (χ1v) is 10.0. The molecule has 2 aromatic heterocycles. The Hall–Kier alpha value is -2.65. The van der Waals surface area contributed by atoms with Crippen molar-refractivity contribution >= 4 is 45.6 Å². The zero-order valence-corrected chi connectivity index (χ0v) is 16.7. The lowest BCUT2D eigenvalue weighted by Gasteiger charge is -2.20. The largest absolute Gasteiger partial charge is 0.504 e. The first-order valence-electron chi connectivity index (χ1n) is 8.27. The zero-order chi connectivity index (χ0) is 19.7. The average Bonchev–Trinajstić information content (AvgIpc) is 3.30. The van der Waals surface area contributed by atoms with E-state index in [0.717, 1.165) is 22.6 Å². The highest BCUT2D eigenvalue weighted by atomic mass is 32.1. The summed E-state index contributed by atoms with van der Waals surface area (Å²) in [5.41, 5.74) is -0.709. The Morgan fingerprint density at radius 3 is 2.52 bits per heavy atom. The van der Waals surface area contributed by atoms with E-state index in [2.05, 4.69) is 10.6 Å². The fourth-order valence-corrected chi connectivity index (χ4v) is 4.39. The number of hydrogen-bond acceptors (Lipinski definition) is 8. The maximum atomic E-state index is 12.0. The summed E-state index contributed by atoms with van der Waals surface area (Å²) < 4.78 is 0. The van der Waals surface area contributed by atoms with Gasteiger partial charge in [-0.25, -0.2) is 0 Å². The van der Waals surface area contributed by atoms with Gasteiger partial charge in [-0.1, -0.05) is 13.0 Å². The van der Waals surface area contributed by atoms with Gasteiger partial charge in [0, 0.05) is 24.4 Å². The monoisotopic (exact) mass is 405 g/mol. The molecule has 0 saturated heterocycles. The van der Waals surface area contributed by atoms with Crippen molar-refractivity contribution in [3.8, 4) is 5.75 Å². The molecule has 0 unspecified atom stereocenters. The van der Waals surface area contributed by atoms with E-state index in [-0.39, 0.29) is 39.6 Å². The van der Waals surface area contributed by atoms with Crippen molar-refractivity contribution in [1.29, 1.82) is 0 Å². The molecule has 1 aromatic carbocycles. The van der Waals surface area contributed by atoms with Crippen molar-refractivity contribution in [3.63, 3.8) is 0 Å². The first-order chi connectivity index (χ1) is 12.8. The molecule has 0 aliphatic heterocycles. The number of aromatic hydroxyl groups is 1. The quantitative estimate of drug-likeness (QED) is 0.523. The van der Waals surface area contributed by atoms with Gasteiger partial charge in [-0.15, -0.1) is 22.7 Å². The number of rotatable bonds is 7. The number of hydrogen-bond donors (Lipinski definition) is 3. The second kappa shape index (κ2) is 7.53. The van der Waals surface area contributed by atoms with Gasteiger partial charge in [0.2, 0.25) is 0 Å². The van der Waals surface area contributed by atoms with Gasteiger partial charge in [0.1, 0.15) is 16.3 Å². The van der Waals surface area contributed by atoms with Gasteiger partial charge in [0.25, 0.3) is 16.8 Å². The number of anilines is 3. The lowest BCUT2D eigenvalue weighted by Crippen LogP contribution is -2.37. The van der Waals surface area contributed by atoms with Gasteiger partial charge in [-0.3, -0.25) is 14.4 Å². The Morgan fingerprint density at radius 1 is 1.22 bits per heavy atom. The van der Waals surface area contributed by atoms with Gasteiger partial charge in [0.05, 0.1) is 11.7 Å². The van der Waals surface area contributed by atoms with E-state index in [0.29, 0.717) is 0 Å². The fraction of sp³-hybridized carbons (Fsp3) is 0.278. The molecule has 0 radical (unpaired) electrons. The number of amides is 1. The fourth-order valence-electron chi connectivity index (χ4n) is 2.62. The molecule has 0 spiro atoms. The van der Waals surface area contributed by atoms with E-state index in [9.17, 15) is 19.5 Å². The summed E-state index contributed by atoms with van der Waals surface area (Å²) in [7, 11) is 3.17. The molecule has 3 N–H and O–H groups in total. The lowest BCUT2D eigenvalue weighted by atomic mass is 10.1. The van der Waals surface area contributed by atoms with Crippen LogP contribution in [0.3, 0.4) is 0 Å². The van der Waals surface area contributed by atoms with Crippen LogP contribution in [0, 0.1) is 0 Å². The molecule has 0 bridgehead atoms. The molecule has 1 atom stereocenters. The highest BCUT2D eigenvalue weighted by Crippen LogP contribution is 2.38. The average molecular weight is 406 g/mol. The topological polar surface area (TPSA) is 98.7 Å². The summed E-state index contributed by atoms with van der Waals surface area (Å²) in [6.07, 6.45) is 0.740. The van der Waals surface area contributed by atoms with E-state index in [4.69, 9.17) is 0 Å². The molecular weight excluding hydrogens is 386 g/mol. The van der Waals surface area contributed by atoms with Crippen molar-refractivity contribution in [1.82, 2.24) is 4.90 Å². The molecule has 0 fully saturated rings. The van der Waals surface area contributed by atoms with Crippen LogP contribution in [-0.2, 0) is 0 Å². The Bertz CT molecular complexity index is 1030. The maximum absolute atomic E-state index is 12.0. The van der Waals surface area contributed by atoms with Crippen LogP contribution in [0.2, 0.25) is 0 Å². The third-order valence-corrected chi connectivity index (χ3v) is 6.09. The Morgan fingerprint density at radius 2 is 1.93 bits per heavy atom. The van der Waals surface area contributed by atoms with Crippen LogP contribution in [0.4, 0.5) is 17.1 Å². The molecule has 142 valence electrons. The Kier molecular flexibility index (Phi) is 5.33. The van der Waals surface area contributed by atoms with Crippen LogP contribution >= 0.6 is 22.7 Å². The number of carbonyl (C=O) groups is 1. The summed E-state index contributed by atoms with van der Waals surface area (Å²) in [5.74, 6) is -0.569. The second-order valence-corrected chi connectivity index (χ2v) is 8.04. The number of thiophene rings is 2. The number of carbonyl (C=O) groups excluding carboxylic acids is 1. The minimum Gasteiger partial charge on any atom is -0.504 e. The molecule has 0 aliphatic carbocycles. The Balaban J connectivity index is 1.86. The van der Waals surface area contributed by atoms with Gasteiger partial charge in [-0.2, -0.15) is 0 Å². The minimum absolute atomic E-state index is 0.0872. The summed E-state index contributed by atoms with van der Waals surface area (Å²) in [6.45, 7) is 1.99. The summed E-state index contributed by atoms with van der Waals surface area (Å²) in [6, 6.07) is 3.81. The maximum Gasteiger partial charge on any atom is 0.267 e. The summed E-state index contributed by atoms with van der Waals surface area (Å²) in [5, 5.41) is 19.7. The normalized spacial score (nSPS) is 12.1. The van der Waals surface area contributed by atoms with Crippen LogP contribution in [0.1, 0.15) is 33.9 Å². The molecule has 3 aromatic rings. The molecule has 2 heterocycles. The number of nitrogens with one attached hydrogen (secondary N) is 2. The number of nitrogens with zero attached hydrogens (tertiary/aromatic N) is 1. The molecule has 9 heteroatoms. The lowest BCUT2D eigenvalue weighted by molar-refractivity contribution is 0.0829. The predicted octanol–water partition coefficient (Wildman–Crippen LogP) is 3.12. The van der Waals surface area contributed by atoms with Crippen molar-refractivity contribution < 1.29 is 9.90 Å². The van der Waals surface area contributed by atoms with Crippen LogP contribution in [-0.4, -0.2) is 30.0 Å². The Labute approximate surface area is 163 Å². The van der Waals surface area contributed by atoms with Crippen molar-refractivity contribution in [2.45, 2.75) is 19.4 Å². The van der Waals surface area contributed by atoms with E-state index < -0.39 is 10.9 Å². The molecule has 7 nitrogen and oxygen atoms in total. The highest BCUT2D eigenvalue weighted by molar-refractivity contribution is 7.13. The van der Waals surface area contributed by atoms with Crippen molar-refractivity contribution in [2.75, 3.05) is 24.7 Å². The molecule has 0 saturated carbocycles. The van der Waals surface area contributed by atoms with Gasteiger partial charge >= 0.3 is 0 Å². The van der Waals surface area contributed by atoms with Gasteiger partial charge in [0.15, 0.2) is 5.75 Å². The smallest absolute Gasteiger partial charge is 0.267 e. The van der Waals surface area contributed by atoms with E-state index in [1.54, 1.807) is 30.8 Å². The molecule has 3 rings (SSSR count). The van der Waals surface area contributed by atoms with Gasteiger partial charge in [-0.05, 0) is 17.9 Å². The van der Waals surface area contributed by atoms with E-state index in [1.165, 1.54) is 4.90 Å². The van der Waals surface area contributed by atoms with Crippen LogP contribution in [0.15, 0.2) is 32.5 Å². The highest BCUT2D eigenvalue weighted by Gasteiger charge is 2.26. The van der Waals surface area contributed by atoms with E-state index in [1.807, 2.05) is 24.4 Å². The standard InChI is InChI=1S/C18H19N3O4S2/c1-4-9(11-6-5-7-26-11)19-12-13(16(24)15(12)23)20-10-8-27-17(14(10)22)18(25)21(2)3/h5-9,19-20,22H,4H2,1-3H3/t9-/m1/s1. The molecule has 0 aliphatic rings. The summed E-state index contributed by atoms with van der Waals surface area (Å²) >= 11 is 2.64. The minimum atomic E-state index is -0.649. The van der Waals surface area contributed by atoms with Crippen molar-refractivity contribution in [2.24, 2.45) is 0 Å². The zero-order valence-electron chi connectivity index (χ0n) is 15.0. The van der Waals surface area contributed by atoms with Gasteiger partial charge < -0.3 is 20.6 Å². The molecular formula is C18H19N3O4S2. The SMILES string of the molecule is CC[C@@H](Nc1c(Nc2csc(C(=O)N(C)C)c2O)c(=O)c1=O)c1cccs1. The van der Waals surface area contributed by atoms with Crippen molar-refractivity contribution in [3.05, 3.63) is 53.1 Å². The predicted molar refractivity (Wildman–Crippen MR) is 110 cm³/mol. The third-order valence-electron chi connectivity index (χ3n) is 4.15. The second-order valence-electron chi connectivity index (χ2n) is 6.18. The third kappa shape index (κ3) is 3.47. The van der Waals surface area contributed by atoms with Crippen LogP contribution in [0.25, 0.3) is 0 Å².